The van der Waals surface area contributed by atoms with Crippen molar-refractivity contribution in [3.05, 3.63) is 95.8 Å². The van der Waals surface area contributed by atoms with Crippen molar-refractivity contribution in [2.45, 2.75) is 45.1 Å². The van der Waals surface area contributed by atoms with Gasteiger partial charge in [-0.25, -0.2) is 13.2 Å². The van der Waals surface area contributed by atoms with Crippen LogP contribution in [0.3, 0.4) is 0 Å². The average molecular weight is 467 g/mol. The van der Waals surface area contributed by atoms with Crippen molar-refractivity contribution < 1.29 is 22.6 Å². The van der Waals surface area contributed by atoms with Crippen molar-refractivity contribution in [3.8, 4) is 22.6 Å². The fourth-order valence-corrected chi connectivity index (χ4v) is 4.45. The molecule has 0 atom stereocenters. The molecule has 3 aromatic carbocycles. The highest BCUT2D eigenvalue weighted by Crippen LogP contribution is 2.37. The van der Waals surface area contributed by atoms with E-state index >= 15 is 0 Å². The summed E-state index contributed by atoms with van der Waals surface area (Å²) >= 11 is 0. The summed E-state index contributed by atoms with van der Waals surface area (Å²) in [6.45, 7) is 5.91. The summed E-state index contributed by atoms with van der Waals surface area (Å²) in [5.74, 6) is -0.621. The summed E-state index contributed by atoms with van der Waals surface area (Å²) in [6, 6.07) is 15.1. The Balaban J connectivity index is 1.40. The van der Waals surface area contributed by atoms with Gasteiger partial charge in [0.1, 0.15) is 19.0 Å². The van der Waals surface area contributed by atoms with Crippen LogP contribution in [-0.2, 0) is 6.61 Å². The Hall–Kier alpha value is -3.21. The molecule has 5 heteroatoms. The predicted octanol–water partition coefficient (Wildman–Crippen LogP) is 8.21. The van der Waals surface area contributed by atoms with Crippen molar-refractivity contribution in [2.24, 2.45) is 5.92 Å². The van der Waals surface area contributed by atoms with Crippen molar-refractivity contribution in [2.75, 3.05) is 6.61 Å². The van der Waals surface area contributed by atoms with Gasteiger partial charge in [0, 0.05) is 5.56 Å². The van der Waals surface area contributed by atoms with E-state index in [1.807, 2.05) is 0 Å². The normalized spacial score (nSPS) is 17.9. The van der Waals surface area contributed by atoms with Crippen LogP contribution in [0.5, 0.6) is 11.5 Å². The lowest BCUT2D eigenvalue weighted by Gasteiger charge is -2.27. The Morgan fingerprint density at radius 1 is 0.853 bits per heavy atom. The number of hydrogen-bond donors (Lipinski definition) is 0. The summed E-state index contributed by atoms with van der Waals surface area (Å²) in [7, 11) is 0. The molecule has 0 radical (unpaired) electrons. The molecule has 0 amide bonds. The molecule has 1 fully saturated rings. The lowest BCUT2D eigenvalue weighted by atomic mass is 9.79. The maximum absolute atomic E-state index is 14.8. The van der Waals surface area contributed by atoms with Gasteiger partial charge in [-0.1, -0.05) is 62.8 Å². The zero-order valence-corrected chi connectivity index (χ0v) is 19.3. The van der Waals surface area contributed by atoms with Crippen LogP contribution in [0.4, 0.5) is 13.2 Å². The van der Waals surface area contributed by atoms with E-state index in [0.717, 1.165) is 31.2 Å². The Morgan fingerprint density at radius 3 is 2.24 bits per heavy atom. The van der Waals surface area contributed by atoms with Crippen LogP contribution in [0.2, 0.25) is 0 Å². The predicted molar refractivity (Wildman–Crippen MR) is 129 cm³/mol. The molecule has 34 heavy (non-hydrogen) atoms. The van der Waals surface area contributed by atoms with Gasteiger partial charge in [-0.15, -0.1) is 0 Å². The van der Waals surface area contributed by atoms with Gasteiger partial charge < -0.3 is 9.47 Å². The molecule has 0 bridgehead atoms. The highest BCUT2D eigenvalue weighted by Gasteiger charge is 2.24. The third-order valence-corrected chi connectivity index (χ3v) is 6.52. The maximum atomic E-state index is 14.8. The first-order chi connectivity index (χ1) is 16.5. The summed E-state index contributed by atoms with van der Waals surface area (Å²) in [5.41, 5.74) is 2.15. The molecule has 1 saturated carbocycles. The Morgan fingerprint density at radius 2 is 1.56 bits per heavy atom. The lowest BCUT2D eigenvalue weighted by Crippen LogP contribution is -2.13. The van der Waals surface area contributed by atoms with E-state index < -0.39 is 17.5 Å². The second kappa shape index (κ2) is 10.8. The second-order valence-corrected chi connectivity index (χ2v) is 8.96. The van der Waals surface area contributed by atoms with E-state index in [1.165, 1.54) is 6.07 Å². The Kier molecular flexibility index (Phi) is 7.61. The fourth-order valence-electron chi connectivity index (χ4n) is 4.45. The molecular formula is C29H29F3O2. The van der Waals surface area contributed by atoms with E-state index in [0.29, 0.717) is 22.8 Å². The summed E-state index contributed by atoms with van der Waals surface area (Å²) in [6.07, 6.45) is 5.44. The minimum atomic E-state index is -0.831. The van der Waals surface area contributed by atoms with E-state index in [2.05, 4.69) is 13.5 Å². The second-order valence-electron chi connectivity index (χ2n) is 8.96. The molecule has 178 valence electrons. The molecular weight excluding hydrogens is 437 g/mol. The first-order valence-electron chi connectivity index (χ1n) is 11.7. The van der Waals surface area contributed by atoms with E-state index in [4.69, 9.17) is 9.47 Å². The topological polar surface area (TPSA) is 18.5 Å². The highest BCUT2D eigenvalue weighted by atomic mass is 19.2. The first kappa shape index (κ1) is 23.9. The minimum absolute atomic E-state index is 0.0753. The standard InChI is InChI=1S/C29H29F3O2/c1-3-16-33-27-15-11-22(17-26(27)30)20-8-12-24(13-9-20)34-18-23-10-14-25(29(32)28(23)31)21-6-4-19(2)5-7-21/h3,8-15,17,19,21H,1,4-7,16,18H2,2H3. The van der Waals surface area contributed by atoms with E-state index in [1.54, 1.807) is 54.6 Å². The summed E-state index contributed by atoms with van der Waals surface area (Å²) in [4.78, 5) is 0. The molecule has 0 saturated heterocycles. The molecule has 3 aromatic rings. The quantitative estimate of drug-likeness (QED) is 0.312. The van der Waals surface area contributed by atoms with Gasteiger partial charge in [-0.2, -0.15) is 0 Å². The van der Waals surface area contributed by atoms with Gasteiger partial charge in [0.15, 0.2) is 23.2 Å². The zero-order valence-electron chi connectivity index (χ0n) is 19.3. The van der Waals surface area contributed by atoms with Crippen molar-refractivity contribution in [3.63, 3.8) is 0 Å². The Labute approximate surface area is 199 Å². The summed E-state index contributed by atoms with van der Waals surface area (Å²) in [5, 5.41) is 0. The SMILES string of the molecule is C=CCOc1ccc(-c2ccc(OCc3ccc(C4CCC(C)CC4)c(F)c3F)cc2)cc1F. The third-order valence-electron chi connectivity index (χ3n) is 6.52. The van der Waals surface area contributed by atoms with Gasteiger partial charge in [-0.3, -0.25) is 0 Å². The zero-order chi connectivity index (χ0) is 24.1. The highest BCUT2D eigenvalue weighted by molar-refractivity contribution is 5.65. The molecule has 0 heterocycles. The molecule has 0 aliphatic heterocycles. The summed E-state index contributed by atoms with van der Waals surface area (Å²) < 4.78 is 54.7. The number of benzene rings is 3. The van der Waals surface area contributed by atoms with Gasteiger partial charge in [0.25, 0.3) is 0 Å². The minimum Gasteiger partial charge on any atom is -0.489 e. The lowest BCUT2D eigenvalue weighted by molar-refractivity contribution is 0.295. The van der Waals surface area contributed by atoms with Crippen molar-refractivity contribution >= 4 is 0 Å². The van der Waals surface area contributed by atoms with Crippen molar-refractivity contribution in [1.82, 2.24) is 0 Å². The largest absolute Gasteiger partial charge is 0.489 e. The maximum Gasteiger partial charge on any atom is 0.165 e. The van der Waals surface area contributed by atoms with Crippen LogP contribution in [0.25, 0.3) is 11.1 Å². The van der Waals surface area contributed by atoms with Crippen LogP contribution in [-0.4, -0.2) is 6.61 Å². The molecule has 4 rings (SSSR count). The number of rotatable bonds is 8. The first-order valence-corrected chi connectivity index (χ1v) is 11.7. The van der Waals surface area contributed by atoms with Gasteiger partial charge in [0.05, 0.1) is 0 Å². The van der Waals surface area contributed by atoms with Gasteiger partial charge in [0.2, 0.25) is 0 Å². The smallest absolute Gasteiger partial charge is 0.165 e. The number of hydrogen-bond acceptors (Lipinski definition) is 2. The fraction of sp³-hybridized carbons (Fsp3) is 0.310. The monoisotopic (exact) mass is 466 g/mol. The molecule has 0 spiro atoms. The van der Waals surface area contributed by atoms with Crippen LogP contribution in [0, 0.1) is 23.4 Å². The van der Waals surface area contributed by atoms with Crippen LogP contribution in [0.1, 0.15) is 49.7 Å². The van der Waals surface area contributed by atoms with Gasteiger partial charge >= 0.3 is 0 Å². The molecule has 0 aromatic heterocycles. The molecule has 1 aliphatic carbocycles. The Bertz CT molecular complexity index is 1130. The van der Waals surface area contributed by atoms with Gasteiger partial charge in [-0.05, 0) is 65.6 Å². The molecule has 0 unspecified atom stereocenters. The third kappa shape index (κ3) is 5.46. The van der Waals surface area contributed by atoms with Crippen LogP contribution >= 0.6 is 0 Å². The molecule has 0 N–H and O–H groups in total. The van der Waals surface area contributed by atoms with E-state index in [-0.39, 0.29) is 30.4 Å². The number of halogens is 3. The van der Waals surface area contributed by atoms with Crippen LogP contribution < -0.4 is 9.47 Å². The average Bonchev–Trinajstić information content (AvgIpc) is 2.85. The number of ether oxygens (including phenoxy) is 2. The molecule has 2 nitrogen and oxygen atoms in total. The van der Waals surface area contributed by atoms with Crippen molar-refractivity contribution in [1.29, 1.82) is 0 Å². The molecule has 1 aliphatic rings. The van der Waals surface area contributed by atoms with Crippen LogP contribution in [0.15, 0.2) is 67.3 Å². The van der Waals surface area contributed by atoms with E-state index in [9.17, 15) is 13.2 Å².